The van der Waals surface area contributed by atoms with Crippen LogP contribution in [0.15, 0.2) is 51.4 Å². The molecule has 0 unspecified atom stereocenters. The second-order valence-electron chi connectivity index (χ2n) is 4.67. The molecule has 1 amide bonds. The van der Waals surface area contributed by atoms with Crippen LogP contribution in [-0.4, -0.2) is 10.8 Å². The van der Waals surface area contributed by atoms with Gasteiger partial charge in [0, 0.05) is 27.0 Å². The Labute approximate surface area is 143 Å². The predicted molar refractivity (Wildman–Crippen MR) is 90.0 cm³/mol. The highest BCUT2D eigenvalue weighted by Crippen LogP contribution is 2.28. The Balaban J connectivity index is 1.87. The normalized spacial score (nSPS) is 10.7. The molecule has 1 heterocycles. The number of halogens is 2. The van der Waals surface area contributed by atoms with Crippen LogP contribution in [0.2, 0.25) is 5.02 Å². The number of benzene rings is 2. The fourth-order valence-electron chi connectivity index (χ4n) is 2.03. The van der Waals surface area contributed by atoms with Crippen LogP contribution in [0.1, 0.15) is 10.6 Å². The number of amides is 1. The molecule has 0 bridgehead atoms. The molecular formula is C15H8BrClN2O4. The van der Waals surface area contributed by atoms with Crippen LogP contribution in [0.25, 0.3) is 11.0 Å². The first kappa shape index (κ1) is 15.5. The largest absolute Gasteiger partial charge is 0.451 e. The lowest BCUT2D eigenvalue weighted by molar-refractivity contribution is -0.384. The van der Waals surface area contributed by atoms with E-state index in [1.54, 1.807) is 24.3 Å². The molecular weight excluding hydrogens is 388 g/mol. The maximum Gasteiger partial charge on any atom is 0.291 e. The van der Waals surface area contributed by atoms with Gasteiger partial charge in [-0.1, -0.05) is 11.6 Å². The lowest BCUT2D eigenvalue weighted by Crippen LogP contribution is -2.11. The topological polar surface area (TPSA) is 85.4 Å². The van der Waals surface area contributed by atoms with E-state index in [-0.39, 0.29) is 11.4 Å². The van der Waals surface area contributed by atoms with Gasteiger partial charge in [-0.15, -0.1) is 0 Å². The van der Waals surface area contributed by atoms with Crippen molar-refractivity contribution in [3.63, 3.8) is 0 Å². The van der Waals surface area contributed by atoms with Gasteiger partial charge < -0.3 is 9.73 Å². The minimum atomic E-state index is -0.515. The van der Waals surface area contributed by atoms with Gasteiger partial charge in [0.05, 0.1) is 10.6 Å². The summed E-state index contributed by atoms with van der Waals surface area (Å²) in [5.74, 6) is -0.348. The van der Waals surface area contributed by atoms with Gasteiger partial charge in [-0.05, 0) is 46.3 Å². The van der Waals surface area contributed by atoms with E-state index in [4.69, 9.17) is 16.0 Å². The van der Waals surface area contributed by atoms with Crippen molar-refractivity contribution in [2.45, 2.75) is 0 Å². The SMILES string of the molecule is O=C(Nc1ccc([N+](=O)[O-])cc1Br)c1cc2cc(Cl)ccc2o1. The standard InChI is InChI=1S/C15H8BrClN2O4/c16-11-7-10(19(21)22)2-3-12(11)18-15(20)14-6-8-5-9(17)1-4-13(8)23-14/h1-7H,(H,18,20). The van der Waals surface area contributed by atoms with E-state index in [1.165, 1.54) is 18.2 Å². The average Bonchev–Trinajstić information content (AvgIpc) is 2.92. The fourth-order valence-corrected chi connectivity index (χ4v) is 2.68. The third kappa shape index (κ3) is 3.20. The molecule has 0 fully saturated rings. The number of nitro benzene ring substituents is 1. The molecule has 1 N–H and O–H groups in total. The summed E-state index contributed by atoms with van der Waals surface area (Å²) in [5.41, 5.74) is 0.870. The van der Waals surface area contributed by atoms with Crippen LogP contribution in [0.4, 0.5) is 11.4 Å². The summed E-state index contributed by atoms with van der Waals surface area (Å²) in [6.45, 7) is 0. The minimum Gasteiger partial charge on any atom is -0.451 e. The molecule has 8 heteroatoms. The van der Waals surface area contributed by atoms with Crippen molar-refractivity contribution >= 4 is 55.8 Å². The predicted octanol–water partition coefficient (Wildman–Crippen LogP) is 5.01. The summed E-state index contributed by atoms with van der Waals surface area (Å²) < 4.78 is 5.87. The average molecular weight is 396 g/mol. The van der Waals surface area contributed by atoms with Crippen LogP contribution in [0.5, 0.6) is 0 Å². The number of non-ortho nitro benzene ring substituents is 1. The number of fused-ring (bicyclic) bond motifs is 1. The van der Waals surface area contributed by atoms with E-state index in [9.17, 15) is 14.9 Å². The zero-order chi connectivity index (χ0) is 16.6. The molecule has 0 aliphatic carbocycles. The lowest BCUT2D eigenvalue weighted by atomic mass is 10.2. The lowest BCUT2D eigenvalue weighted by Gasteiger charge is -2.05. The van der Waals surface area contributed by atoms with E-state index in [2.05, 4.69) is 21.2 Å². The van der Waals surface area contributed by atoms with Crippen molar-refractivity contribution in [2.24, 2.45) is 0 Å². The number of carbonyl (C=O) groups excluding carboxylic acids is 1. The number of hydrogen-bond acceptors (Lipinski definition) is 4. The van der Waals surface area contributed by atoms with Crippen LogP contribution in [0.3, 0.4) is 0 Å². The van der Waals surface area contributed by atoms with Gasteiger partial charge in [-0.3, -0.25) is 14.9 Å². The molecule has 0 atom stereocenters. The second-order valence-corrected chi connectivity index (χ2v) is 5.96. The van der Waals surface area contributed by atoms with E-state index < -0.39 is 10.8 Å². The van der Waals surface area contributed by atoms with Gasteiger partial charge in [0.25, 0.3) is 11.6 Å². The first-order valence-electron chi connectivity index (χ1n) is 6.38. The summed E-state index contributed by atoms with van der Waals surface area (Å²) in [5, 5.41) is 14.6. The molecule has 0 spiro atoms. The molecule has 0 saturated carbocycles. The summed E-state index contributed by atoms with van der Waals surface area (Å²) >= 11 is 9.09. The van der Waals surface area contributed by atoms with Crippen LogP contribution >= 0.6 is 27.5 Å². The number of carbonyl (C=O) groups is 1. The summed E-state index contributed by atoms with van der Waals surface area (Å²) in [4.78, 5) is 22.4. The zero-order valence-corrected chi connectivity index (χ0v) is 13.7. The van der Waals surface area contributed by atoms with Crippen molar-refractivity contribution in [1.29, 1.82) is 0 Å². The van der Waals surface area contributed by atoms with E-state index in [0.717, 1.165) is 0 Å². The molecule has 1 aromatic heterocycles. The summed E-state index contributed by atoms with van der Waals surface area (Å²) in [6, 6.07) is 10.7. The molecule has 3 rings (SSSR count). The molecule has 0 aliphatic heterocycles. The van der Waals surface area contributed by atoms with Crippen molar-refractivity contribution in [2.75, 3.05) is 5.32 Å². The first-order valence-corrected chi connectivity index (χ1v) is 7.55. The maximum atomic E-state index is 12.2. The number of rotatable bonds is 3. The number of nitrogens with zero attached hydrogens (tertiary/aromatic N) is 1. The monoisotopic (exact) mass is 394 g/mol. The maximum absolute atomic E-state index is 12.2. The van der Waals surface area contributed by atoms with Crippen LogP contribution in [-0.2, 0) is 0 Å². The number of nitro groups is 1. The Morgan fingerprint density at radius 1 is 1.22 bits per heavy atom. The fraction of sp³-hybridized carbons (Fsp3) is 0. The van der Waals surface area contributed by atoms with Gasteiger partial charge in [0.2, 0.25) is 0 Å². The number of nitrogens with one attached hydrogen (secondary N) is 1. The van der Waals surface area contributed by atoms with Crippen molar-refractivity contribution < 1.29 is 14.1 Å². The van der Waals surface area contributed by atoms with Crippen LogP contribution in [0, 0.1) is 10.1 Å². The summed E-state index contributed by atoms with van der Waals surface area (Å²) in [7, 11) is 0. The van der Waals surface area contributed by atoms with Gasteiger partial charge in [-0.25, -0.2) is 0 Å². The van der Waals surface area contributed by atoms with E-state index in [1.807, 2.05) is 0 Å². The van der Waals surface area contributed by atoms with Crippen LogP contribution < -0.4 is 5.32 Å². The molecule has 2 aromatic carbocycles. The van der Waals surface area contributed by atoms with E-state index >= 15 is 0 Å². The zero-order valence-electron chi connectivity index (χ0n) is 11.4. The molecule has 116 valence electrons. The van der Waals surface area contributed by atoms with Gasteiger partial charge in [-0.2, -0.15) is 0 Å². The van der Waals surface area contributed by atoms with Gasteiger partial charge in [0.15, 0.2) is 5.76 Å². The quantitative estimate of drug-likeness (QED) is 0.499. The van der Waals surface area contributed by atoms with Crippen molar-refractivity contribution in [1.82, 2.24) is 0 Å². The molecule has 6 nitrogen and oxygen atoms in total. The highest BCUT2D eigenvalue weighted by molar-refractivity contribution is 9.10. The third-order valence-corrected chi connectivity index (χ3v) is 4.01. The second kappa shape index (κ2) is 6.02. The van der Waals surface area contributed by atoms with Crippen molar-refractivity contribution in [3.05, 3.63) is 67.8 Å². The number of hydrogen-bond donors (Lipinski definition) is 1. The highest BCUT2D eigenvalue weighted by Gasteiger charge is 2.15. The third-order valence-electron chi connectivity index (χ3n) is 3.11. The van der Waals surface area contributed by atoms with Gasteiger partial charge in [0.1, 0.15) is 5.58 Å². The first-order chi connectivity index (χ1) is 10.9. The minimum absolute atomic E-state index is 0.0757. The Hall–Kier alpha value is -2.38. The smallest absolute Gasteiger partial charge is 0.291 e. The molecule has 0 saturated heterocycles. The van der Waals surface area contributed by atoms with E-state index in [0.29, 0.717) is 26.2 Å². The summed E-state index contributed by atoms with van der Waals surface area (Å²) in [6.07, 6.45) is 0. The highest BCUT2D eigenvalue weighted by atomic mass is 79.9. The number of furan rings is 1. The molecule has 23 heavy (non-hydrogen) atoms. The molecule has 0 aliphatic rings. The number of anilines is 1. The van der Waals surface area contributed by atoms with Crippen molar-refractivity contribution in [3.8, 4) is 0 Å². The molecule has 3 aromatic rings. The Bertz CT molecular complexity index is 938. The Kier molecular flexibility index (Phi) is 4.06. The van der Waals surface area contributed by atoms with Gasteiger partial charge >= 0.3 is 0 Å². The Morgan fingerprint density at radius 2 is 2.00 bits per heavy atom. The molecule has 0 radical (unpaired) electrons. The Morgan fingerprint density at radius 3 is 2.70 bits per heavy atom.